The average molecular weight is 741 g/mol. The fourth-order valence-corrected chi connectivity index (χ4v) is 10.4. The highest BCUT2D eigenvalue weighted by Crippen LogP contribution is 2.54. The van der Waals surface area contributed by atoms with Crippen LogP contribution >= 0.6 is 0 Å². The zero-order valence-corrected chi connectivity index (χ0v) is 31.0. The topological polar surface area (TPSA) is 93.7 Å². The van der Waals surface area contributed by atoms with Gasteiger partial charge < -0.3 is 19.4 Å². The highest BCUT2D eigenvalue weighted by atomic mass is 19.4. The number of rotatable bonds is 8. The van der Waals surface area contributed by atoms with Crippen molar-refractivity contribution >= 4 is 39.5 Å². The molecule has 1 saturated carbocycles. The van der Waals surface area contributed by atoms with Crippen LogP contribution in [0.25, 0.3) is 32.9 Å². The van der Waals surface area contributed by atoms with E-state index in [1.807, 2.05) is 24.8 Å². The molecule has 10 nitrogen and oxygen atoms in total. The highest BCUT2D eigenvalue weighted by molar-refractivity contribution is 6.06. The van der Waals surface area contributed by atoms with Crippen LogP contribution in [-0.2, 0) is 4.79 Å². The molecule has 13 heteroatoms. The van der Waals surface area contributed by atoms with Crippen LogP contribution in [-0.4, -0.2) is 106 Å². The van der Waals surface area contributed by atoms with Crippen LogP contribution in [0.2, 0.25) is 0 Å². The smallest absolute Gasteiger partial charge is 0.422 e. The number of hydrogen-bond donors (Lipinski definition) is 1. The van der Waals surface area contributed by atoms with Crippen molar-refractivity contribution in [1.29, 1.82) is 0 Å². The summed E-state index contributed by atoms with van der Waals surface area (Å²) in [7, 11) is 0. The van der Waals surface area contributed by atoms with Gasteiger partial charge in [0.1, 0.15) is 11.3 Å². The number of benzene rings is 2. The number of aromatic nitrogens is 4. The fourth-order valence-electron chi connectivity index (χ4n) is 10.4. The normalized spacial score (nSPS) is 24.1. The van der Waals surface area contributed by atoms with Crippen molar-refractivity contribution in [2.45, 2.75) is 95.4 Å². The van der Waals surface area contributed by atoms with Crippen molar-refractivity contribution < 1.29 is 22.7 Å². The lowest BCUT2D eigenvalue weighted by Gasteiger charge is -2.54. The minimum Gasteiger partial charge on any atom is -0.481 e. The monoisotopic (exact) mass is 740 g/mol. The van der Waals surface area contributed by atoms with E-state index < -0.39 is 12.8 Å². The lowest BCUT2D eigenvalue weighted by molar-refractivity contribution is -0.153. The SMILES string of the molecule is C=CC(=O)N1CC2(CCN(c3nc(N4CC(N5C6CCC5CC6)C4)nc4c(OCC(F)(F)F)c(-c5c(C)c(C)cc6[nH]ncc56)c(C5CC5)cc34)CC2)C1. The molecule has 1 N–H and O–H groups in total. The Balaban J connectivity index is 1.12. The van der Waals surface area contributed by atoms with Crippen molar-refractivity contribution in [2.75, 3.05) is 55.7 Å². The van der Waals surface area contributed by atoms with Crippen LogP contribution < -0.4 is 14.5 Å². The number of hydrogen-bond acceptors (Lipinski definition) is 8. The first kappa shape index (κ1) is 34.1. The van der Waals surface area contributed by atoms with Crippen LogP contribution in [0, 0.1) is 19.3 Å². The second-order valence-electron chi connectivity index (χ2n) is 17.0. The molecule has 7 heterocycles. The number of H-pyrrole nitrogens is 1. The van der Waals surface area contributed by atoms with Crippen molar-refractivity contribution in [3.8, 4) is 16.9 Å². The van der Waals surface area contributed by atoms with Gasteiger partial charge in [0.15, 0.2) is 12.4 Å². The third kappa shape index (κ3) is 5.54. The van der Waals surface area contributed by atoms with Crippen molar-refractivity contribution in [3.05, 3.63) is 47.7 Å². The van der Waals surface area contributed by atoms with E-state index in [1.54, 1.807) is 6.20 Å². The van der Waals surface area contributed by atoms with Gasteiger partial charge in [0.25, 0.3) is 0 Å². The van der Waals surface area contributed by atoms with Gasteiger partial charge in [-0.2, -0.15) is 23.3 Å². The summed E-state index contributed by atoms with van der Waals surface area (Å²) in [5.74, 6) is 1.63. The molecule has 2 aromatic carbocycles. The van der Waals surface area contributed by atoms with Crippen LogP contribution in [0.15, 0.2) is 31.0 Å². The Bertz CT molecular complexity index is 2150. The van der Waals surface area contributed by atoms with Gasteiger partial charge in [-0.3, -0.25) is 14.8 Å². The summed E-state index contributed by atoms with van der Waals surface area (Å²) >= 11 is 0. The summed E-state index contributed by atoms with van der Waals surface area (Å²) in [6, 6.07) is 5.94. The molecule has 10 rings (SSSR count). The minimum atomic E-state index is -4.55. The van der Waals surface area contributed by atoms with Gasteiger partial charge in [-0.1, -0.05) is 6.58 Å². The van der Waals surface area contributed by atoms with E-state index in [1.165, 1.54) is 31.8 Å². The maximum atomic E-state index is 14.2. The predicted molar refractivity (Wildman–Crippen MR) is 202 cm³/mol. The maximum Gasteiger partial charge on any atom is 0.422 e. The molecule has 1 amide bonds. The van der Waals surface area contributed by atoms with E-state index in [0.717, 1.165) is 109 Å². The summed E-state index contributed by atoms with van der Waals surface area (Å²) in [5.41, 5.74) is 5.82. The molecular weight excluding hydrogens is 693 g/mol. The first-order chi connectivity index (χ1) is 26.0. The lowest BCUT2D eigenvalue weighted by atomic mass is 9.72. The zero-order valence-electron chi connectivity index (χ0n) is 31.0. The van der Waals surface area contributed by atoms with E-state index >= 15 is 0 Å². The Hall–Kier alpha value is -4.39. The quantitative estimate of drug-likeness (QED) is 0.193. The van der Waals surface area contributed by atoms with Gasteiger partial charge in [0, 0.05) is 79.1 Å². The molecule has 5 aliphatic heterocycles. The van der Waals surface area contributed by atoms with Crippen LogP contribution in [0.5, 0.6) is 5.75 Å². The van der Waals surface area contributed by atoms with Gasteiger partial charge in [0.05, 0.1) is 11.7 Å². The van der Waals surface area contributed by atoms with Crippen molar-refractivity contribution in [2.24, 2.45) is 5.41 Å². The van der Waals surface area contributed by atoms with E-state index in [4.69, 9.17) is 14.7 Å². The van der Waals surface area contributed by atoms with Crippen LogP contribution in [0.1, 0.15) is 74.0 Å². The third-order valence-electron chi connectivity index (χ3n) is 13.6. The molecule has 2 bridgehead atoms. The number of piperidine rings is 1. The second kappa shape index (κ2) is 12.3. The molecule has 1 spiro atoms. The van der Waals surface area contributed by atoms with Gasteiger partial charge in [-0.25, -0.2) is 4.98 Å². The molecular formula is C41H47F3N8O2. The van der Waals surface area contributed by atoms with Gasteiger partial charge in [0.2, 0.25) is 11.9 Å². The summed E-state index contributed by atoms with van der Waals surface area (Å²) < 4.78 is 48.6. The number of anilines is 2. The zero-order chi connectivity index (χ0) is 37.1. The van der Waals surface area contributed by atoms with Crippen LogP contribution in [0.4, 0.5) is 24.9 Å². The lowest BCUT2D eigenvalue weighted by Crippen LogP contribution is -2.62. The number of aryl methyl sites for hydroxylation is 1. The molecule has 1 aliphatic carbocycles. The number of nitrogens with zero attached hydrogens (tertiary/aromatic N) is 7. The standard InChI is InChI=1S/C41H47F3N8O2/c1-4-33(53)51-20-40(21-51)11-13-49(14-12-40)38-30-16-29(25-5-6-25)35(34-24(3)23(2)15-32-31(34)17-45-48-32)37(54-22-41(42,43)44)36(30)46-39(47-38)50-18-28(19-50)52-26-7-8-27(52)10-9-26/h4,15-17,25-28H,1,5-14,18-22H2,2-3H3,(H,45,48). The molecule has 54 heavy (non-hydrogen) atoms. The number of halogens is 3. The summed E-state index contributed by atoms with van der Waals surface area (Å²) in [5, 5.41) is 9.03. The number of ether oxygens (including phenoxy) is 1. The van der Waals surface area contributed by atoms with Crippen molar-refractivity contribution in [3.63, 3.8) is 0 Å². The summed E-state index contributed by atoms with van der Waals surface area (Å²) in [6.07, 6.45) is 7.35. The molecule has 2 aromatic heterocycles. The fraction of sp³-hybridized carbons (Fsp3) is 0.561. The van der Waals surface area contributed by atoms with E-state index in [9.17, 15) is 18.0 Å². The Morgan fingerprint density at radius 3 is 2.31 bits per heavy atom. The number of nitrogens with one attached hydrogen (secondary N) is 1. The summed E-state index contributed by atoms with van der Waals surface area (Å²) in [6.45, 7) is 10.8. The number of fused-ring (bicyclic) bond motifs is 4. The maximum absolute atomic E-state index is 14.2. The number of amides is 1. The molecule has 6 fully saturated rings. The number of alkyl halides is 3. The highest BCUT2D eigenvalue weighted by Gasteiger charge is 2.49. The van der Waals surface area contributed by atoms with Gasteiger partial charge >= 0.3 is 6.18 Å². The second-order valence-corrected chi connectivity index (χ2v) is 17.0. The van der Waals surface area contributed by atoms with Crippen LogP contribution in [0.3, 0.4) is 0 Å². The molecule has 284 valence electrons. The third-order valence-corrected chi connectivity index (χ3v) is 13.6. The number of aromatic amines is 1. The number of likely N-dealkylation sites (tertiary alicyclic amines) is 1. The average Bonchev–Trinajstić information content (AvgIpc) is 3.58. The molecule has 0 atom stereocenters. The number of carbonyl (C=O) groups is 1. The predicted octanol–water partition coefficient (Wildman–Crippen LogP) is 7.04. The molecule has 6 aliphatic rings. The van der Waals surface area contributed by atoms with Gasteiger partial charge in [-0.15, -0.1) is 0 Å². The van der Waals surface area contributed by atoms with E-state index in [2.05, 4.69) is 37.5 Å². The molecule has 5 saturated heterocycles. The Morgan fingerprint density at radius 1 is 0.963 bits per heavy atom. The first-order valence-electron chi connectivity index (χ1n) is 19.7. The van der Waals surface area contributed by atoms with Crippen molar-refractivity contribution in [1.82, 2.24) is 30.0 Å². The molecule has 0 radical (unpaired) electrons. The van der Waals surface area contributed by atoms with E-state index in [0.29, 0.717) is 35.2 Å². The molecule has 4 aromatic rings. The number of carbonyl (C=O) groups excluding carboxylic acids is 1. The Labute approximate surface area is 312 Å². The largest absolute Gasteiger partial charge is 0.481 e. The minimum absolute atomic E-state index is 0.0318. The van der Waals surface area contributed by atoms with E-state index in [-0.39, 0.29) is 23.0 Å². The summed E-state index contributed by atoms with van der Waals surface area (Å²) in [4.78, 5) is 31.9. The first-order valence-corrected chi connectivity index (χ1v) is 19.7. The Morgan fingerprint density at radius 2 is 1.67 bits per heavy atom. The Kier molecular flexibility index (Phi) is 7.78. The van der Waals surface area contributed by atoms with Gasteiger partial charge in [-0.05, 0) is 112 Å². The molecule has 0 unspecified atom stereocenters.